The van der Waals surface area contributed by atoms with Crippen molar-refractivity contribution in [1.29, 1.82) is 0 Å². The Labute approximate surface area is 232 Å². The lowest BCUT2D eigenvalue weighted by Gasteiger charge is -2.10. The van der Waals surface area contributed by atoms with Crippen LogP contribution < -0.4 is 0 Å². The van der Waals surface area contributed by atoms with Crippen molar-refractivity contribution in [3.05, 3.63) is 139 Å². The molecular formula is C38H24O2. The quantitative estimate of drug-likeness (QED) is 0.234. The van der Waals surface area contributed by atoms with Gasteiger partial charge in [0.1, 0.15) is 17.1 Å². The van der Waals surface area contributed by atoms with Crippen LogP contribution in [0.5, 0.6) is 0 Å². The first-order chi connectivity index (χ1) is 19.8. The Morgan fingerprint density at radius 2 is 1.40 bits per heavy atom. The molecule has 0 saturated carbocycles. The molecule has 2 aromatic heterocycles. The van der Waals surface area contributed by atoms with Gasteiger partial charge in [0, 0.05) is 44.7 Å². The van der Waals surface area contributed by atoms with Gasteiger partial charge in [-0.15, -0.1) is 0 Å². The summed E-state index contributed by atoms with van der Waals surface area (Å²) < 4.78 is 13.2. The molecule has 8 rings (SSSR count). The van der Waals surface area contributed by atoms with Gasteiger partial charge < -0.3 is 8.83 Å². The number of hydrogen-bond acceptors (Lipinski definition) is 2. The molecule has 2 heteroatoms. The number of hydrogen-bond donors (Lipinski definition) is 0. The van der Waals surface area contributed by atoms with Crippen LogP contribution in [0, 0.1) is 12.1 Å². The Kier molecular flexibility index (Phi) is 5.21. The molecule has 0 bridgehead atoms. The molecule has 1 aliphatic carbocycles. The smallest absolute Gasteiger partial charge is 0.152 e. The molecule has 40 heavy (non-hydrogen) atoms. The van der Waals surface area contributed by atoms with Gasteiger partial charge in [0.2, 0.25) is 0 Å². The molecule has 0 fully saturated rings. The van der Waals surface area contributed by atoms with Gasteiger partial charge in [0.15, 0.2) is 5.58 Å². The first-order valence-corrected chi connectivity index (χ1v) is 13.7. The zero-order chi connectivity index (χ0) is 26.5. The van der Waals surface area contributed by atoms with Crippen LogP contribution in [0.4, 0.5) is 0 Å². The molecule has 0 spiro atoms. The van der Waals surface area contributed by atoms with E-state index in [2.05, 4.69) is 103 Å². The topological polar surface area (TPSA) is 26.3 Å². The van der Waals surface area contributed by atoms with E-state index in [-0.39, 0.29) is 0 Å². The number of rotatable bonds is 4. The van der Waals surface area contributed by atoms with Gasteiger partial charge in [-0.25, -0.2) is 0 Å². The minimum atomic E-state index is 0.823. The summed E-state index contributed by atoms with van der Waals surface area (Å²) >= 11 is 0. The highest BCUT2D eigenvalue weighted by Gasteiger charge is 2.25. The van der Waals surface area contributed by atoms with Crippen LogP contribution in [0.3, 0.4) is 0 Å². The van der Waals surface area contributed by atoms with Crippen molar-refractivity contribution in [2.45, 2.75) is 12.8 Å². The minimum Gasteiger partial charge on any atom is -0.455 e. The van der Waals surface area contributed by atoms with Crippen LogP contribution in [-0.4, -0.2) is 0 Å². The highest BCUT2D eigenvalue weighted by molar-refractivity contribution is 6.10. The second-order valence-electron chi connectivity index (χ2n) is 10.2. The van der Waals surface area contributed by atoms with Crippen LogP contribution in [0.1, 0.15) is 17.5 Å². The van der Waals surface area contributed by atoms with Crippen LogP contribution >= 0.6 is 0 Å². The van der Waals surface area contributed by atoms with Gasteiger partial charge in [-0.1, -0.05) is 115 Å². The van der Waals surface area contributed by atoms with E-state index in [4.69, 9.17) is 8.83 Å². The largest absolute Gasteiger partial charge is 0.455 e. The van der Waals surface area contributed by atoms with E-state index in [1.54, 1.807) is 0 Å². The number of benzene rings is 4. The fourth-order valence-electron chi connectivity index (χ4n) is 5.95. The first kappa shape index (κ1) is 22.7. The number of para-hydroxylation sites is 1. The monoisotopic (exact) mass is 512 g/mol. The van der Waals surface area contributed by atoms with Gasteiger partial charge >= 0.3 is 0 Å². The van der Waals surface area contributed by atoms with E-state index < -0.39 is 0 Å². The molecule has 1 aliphatic rings. The predicted octanol–water partition coefficient (Wildman–Crippen LogP) is 10.4. The lowest BCUT2D eigenvalue weighted by atomic mass is 9.91. The molecule has 0 aliphatic heterocycles. The molecular weight excluding hydrogens is 488 g/mol. The molecule has 0 atom stereocenters. The van der Waals surface area contributed by atoms with E-state index in [0.717, 1.165) is 68.6 Å². The van der Waals surface area contributed by atoms with Crippen molar-refractivity contribution < 1.29 is 8.83 Å². The molecule has 0 saturated heterocycles. The molecule has 7 aromatic rings. The van der Waals surface area contributed by atoms with Crippen LogP contribution in [0.25, 0.3) is 72.9 Å². The fraction of sp³-hybridized carbons (Fsp3) is 0.0526. The fourth-order valence-corrected chi connectivity index (χ4v) is 5.95. The highest BCUT2D eigenvalue weighted by Crippen LogP contribution is 2.45. The zero-order valence-electron chi connectivity index (χ0n) is 21.8. The van der Waals surface area contributed by atoms with Crippen molar-refractivity contribution in [2.75, 3.05) is 0 Å². The summed E-state index contributed by atoms with van der Waals surface area (Å²) in [6.07, 6.45) is 6.39. The SMILES string of the molecule is c1cc2c(oc3ccccc32)c(-c2ccccc2-c2oc(-c3cccc(-c4ccccc4)c3)c3c2CCC=C3)c#1. The normalized spacial score (nSPS) is 12.5. The highest BCUT2D eigenvalue weighted by atomic mass is 16.3. The molecule has 0 radical (unpaired) electrons. The summed E-state index contributed by atoms with van der Waals surface area (Å²) in [4.78, 5) is 0. The molecule has 2 heterocycles. The molecule has 188 valence electrons. The summed E-state index contributed by atoms with van der Waals surface area (Å²) in [5.74, 6) is 1.82. The standard InChI is InChI=1S/C38H24O2/c1-2-12-25(13-3-1)26-14-10-15-27(24-26)36-33-19-6-7-20-34(33)38(40-36)30-18-5-4-16-28(30)31-21-11-22-32-29-17-8-9-23-35(29)39-37(31)32/h1-6,8-10,12-19,22-24H,7,20H2. The summed E-state index contributed by atoms with van der Waals surface area (Å²) in [6, 6.07) is 44.3. The third kappa shape index (κ3) is 3.60. The molecule has 0 amide bonds. The minimum absolute atomic E-state index is 0.823. The van der Waals surface area contributed by atoms with Gasteiger partial charge in [0.05, 0.1) is 5.56 Å². The van der Waals surface area contributed by atoms with Gasteiger partial charge in [-0.3, -0.25) is 0 Å². The van der Waals surface area contributed by atoms with Gasteiger partial charge in [-0.05, 0) is 36.1 Å². The van der Waals surface area contributed by atoms with Crippen molar-refractivity contribution in [2.24, 2.45) is 0 Å². The third-order valence-electron chi connectivity index (χ3n) is 7.84. The van der Waals surface area contributed by atoms with Crippen LogP contribution in [0.2, 0.25) is 0 Å². The molecule has 0 N–H and O–H groups in total. The van der Waals surface area contributed by atoms with E-state index in [1.165, 1.54) is 22.3 Å². The molecule has 5 aromatic carbocycles. The Bertz CT molecular complexity index is 2050. The first-order valence-electron chi connectivity index (χ1n) is 13.7. The lowest BCUT2D eigenvalue weighted by molar-refractivity contribution is 0.594. The number of furan rings is 2. The zero-order valence-corrected chi connectivity index (χ0v) is 21.8. The Morgan fingerprint density at radius 1 is 0.625 bits per heavy atom. The molecule has 0 unspecified atom stereocenters. The molecule has 2 nitrogen and oxygen atoms in total. The summed E-state index contributed by atoms with van der Waals surface area (Å²) in [7, 11) is 0. The number of fused-ring (bicyclic) bond motifs is 4. The Morgan fingerprint density at radius 3 is 2.33 bits per heavy atom. The maximum atomic E-state index is 6.86. The third-order valence-corrected chi connectivity index (χ3v) is 7.84. The number of allylic oxidation sites excluding steroid dienone is 1. The predicted molar refractivity (Wildman–Crippen MR) is 163 cm³/mol. The second kappa shape index (κ2) is 9.19. The summed E-state index contributed by atoms with van der Waals surface area (Å²) in [6.45, 7) is 0. The second-order valence-corrected chi connectivity index (χ2v) is 10.2. The average molecular weight is 513 g/mol. The van der Waals surface area contributed by atoms with E-state index in [1.807, 2.05) is 30.3 Å². The van der Waals surface area contributed by atoms with Crippen LogP contribution in [-0.2, 0) is 6.42 Å². The van der Waals surface area contributed by atoms with E-state index in [9.17, 15) is 0 Å². The lowest BCUT2D eigenvalue weighted by Crippen LogP contribution is -1.94. The van der Waals surface area contributed by atoms with Gasteiger partial charge in [0.25, 0.3) is 0 Å². The Balaban J connectivity index is 1.32. The maximum absolute atomic E-state index is 6.86. The van der Waals surface area contributed by atoms with Gasteiger partial charge in [-0.2, -0.15) is 0 Å². The Hall–Kier alpha value is -5.26. The van der Waals surface area contributed by atoms with Crippen molar-refractivity contribution in [3.8, 4) is 44.9 Å². The average Bonchev–Trinajstić information content (AvgIpc) is 3.61. The summed E-state index contributed by atoms with van der Waals surface area (Å²) in [5, 5.41) is 2.13. The van der Waals surface area contributed by atoms with Crippen molar-refractivity contribution in [1.82, 2.24) is 0 Å². The maximum Gasteiger partial charge on any atom is 0.152 e. The van der Waals surface area contributed by atoms with Crippen LogP contribution in [0.15, 0.2) is 124 Å². The van der Waals surface area contributed by atoms with E-state index >= 15 is 0 Å². The van der Waals surface area contributed by atoms with Crippen molar-refractivity contribution >= 4 is 28.0 Å². The summed E-state index contributed by atoms with van der Waals surface area (Å²) in [5.41, 5.74) is 10.5. The van der Waals surface area contributed by atoms with Crippen molar-refractivity contribution in [3.63, 3.8) is 0 Å². The van der Waals surface area contributed by atoms with E-state index in [0.29, 0.717) is 0 Å².